The average Bonchev–Trinajstić information content (AvgIpc) is 2.47. The van der Waals surface area contributed by atoms with Gasteiger partial charge in [-0.3, -0.25) is 4.79 Å². The molecule has 1 aliphatic rings. The van der Waals surface area contributed by atoms with E-state index >= 15 is 0 Å². The summed E-state index contributed by atoms with van der Waals surface area (Å²) < 4.78 is 5.41. The summed E-state index contributed by atoms with van der Waals surface area (Å²) in [6, 6.07) is 8.33. The van der Waals surface area contributed by atoms with Crippen molar-refractivity contribution in [2.75, 3.05) is 19.8 Å². The number of β-lactam (4-membered cyclic amide) rings is 1. The molecule has 1 heterocycles. The summed E-state index contributed by atoms with van der Waals surface area (Å²) in [5.74, 6) is 0.243. The highest BCUT2D eigenvalue weighted by Crippen LogP contribution is 2.49. The van der Waals surface area contributed by atoms with Gasteiger partial charge in [-0.05, 0) is 25.3 Å². The predicted molar refractivity (Wildman–Crippen MR) is 85.5 cm³/mol. The van der Waals surface area contributed by atoms with Crippen LogP contribution in [0, 0.1) is 12.8 Å². The van der Waals surface area contributed by atoms with Crippen molar-refractivity contribution in [3.63, 3.8) is 0 Å². The van der Waals surface area contributed by atoms with Crippen LogP contribution >= 0.6 is 11.6 Å². The number of rotatable bonds is 6. The van der Waals surface area contributed by atoms with Gasteiger partial charge in [0.05, 0.1) is 12.1 Å². The van der Waals surface area contributed by atoms with Crippen molar-refractivity contribution in [3.8, 4) is 0 Å². The summed E-state index contributed by atoms with van der Waals surface area (Å²) in [6.07, 6.45) is 0. The van der Waals surface area contributed by atoms with Crippen LogP contribution in [0.2, 0.25) is 0 Å². The number of carbonyl (C=O) groups excluding carboxylic acids is 1. The SMILES string of the molecule is CCOCCN1C(=O)C(Cl)C1(c1ccc(C)cc1)C(C)C. The minimum absolute atomic E-state index is 0.00523. The standard InChI is InChI=1S/C17H24ClNO2/c1-5-21-11-10-19-16(20)15(18)17(19,12(2)3)14-8-6-13(4)7-9-14/h6-9,12,15H,5,10-11H2,1-4H3. The number of hydrogen-bond donors (Lipinski definition) is 0. The Morgan fingerprint density at radius 1 is 1.33 bits per heavy atom. The first kappa shape index (κ1) is 16.3. The van der Waals surface area contributed by atoms with Crippen molar-refractivity contribution in [2.45, 2.75) is 38.6 Å². The predicted octanol–water partition coefficient (Wildman–Crippen LogP) is 3.33. The second kappa shape index (κ2) is 6.37. The third-order valence-electron chi connectivity index (χ3n) is 4.37. The molecule has 21 heavy (non-hydrogen) atoms. The number of amides is 1. The molecular weight excluding hydrogens is 286 g/mol. The van der Waals surface area contributed by atoms with E-state index in [1.165, 1.54) is 5.56 Å². The molecule has 1 fully saturated rings. The largest absolute Gasteiger partial charge is 0.380 e. The maximum Gasteiger partial charge on any atom is 0.244 e. The van der Waals surface area contributed by atoms with Crippen LogP contribution in [0.4, 0.5) is 0 Å². The molecule has 0 N–H and O–H groups in total. The summed E-state index contributed by atoms with van der Waals surface area (Å²) in [4.78, 5) is 14.1. The quantitative estimate of drug-likeness (QED) is 0.458. The number of hydrogen-bond acceptors (Lipinski definition) is 2. The molecule has 1 aromatic carbocycles. The summed E-state index contributed by atoms with van der Waals surface area (Å²) in [5, 5.41) is -0.498. The number of aryl methyl sites for hydroxylation is 1. The van der Waals surface area contributed by atoms with E-state index in [0.717, 1.165) is 5.56 Å². The van der Waals surface area contributed by atoms with Crippen LogP contribution in [0.5, 0.6) is 0 Å². The monoisotopic (exact) mass is 309 g/mol. The summed E-state index contributed by atoms with van der Waals surface area (Å²) in [7, 11) is 0. The van der Waals surface area contributed by atoms with Gasteiger partial charge in [0.25, 0.3) is 0 Å². The average molecular weight is 310 g/mol. The molecule has 2 rings (SSSR count). The van der Waals surface area contributed by atoms with Gasteiger partial charge in [-0.15, -0.1) is 11.6 Å². The van der Waals surface area contributed by atoms with E-state index in [1.807, 2.05) is 11.8 Å². The fourth-order valence-corrected chi connectivity index (χ4v) is 3.85. The van der Waals surface area contributed by atoms with Crippen molar-refractivity contribution >= 4 is 17.5 Å². The second-order valence-corrected chi connectivity index (χ2v) is 6.33. The maximum atomic E-state index is 12.3. The third kappa shape index (κ3) is 2.58. The molecule has 1 aliphatic heterocycles. The number of ether oxygens (including phenoxy) is 1. The second-order valence-electron chi connectivity index (χ2n) is 5.90. The van der Waals surface area contributed by atoms with E-state index in [2.05, 4.69) is 45.0 Å². The Bertz CT molecular complexity index is 500. The number of benzene rings is 1. The fraction of sp³-hybridized carbons (Fsp3) is 0.588. The first-order valence-electron chi connectivity index (χ1n) is 7.56. The molecule has 0 aliphatic carbocycles. The minimum Gasteiger partial charge on any atom is -0.380 e. The highest BCUT2D eigenvalue weighted by molar-refractivity contribution is 6.34. The number of carbonyl (C=O) groups is 1. The zero-order valence-electron chi connectivity index (χ0n) is 13.2. The molecule has 1 aromatic rings. The lowest BCUT2D eigenvalue weighted by atomic mass is 9.69. The van der Waals surface area contributed by atoms with Gasteiger partial charge >= 0.3 is 0 Å². The molecule has 3 nitrogen and oxygen atoms in total. The molecule has 1 saturated heterocycles. The lowest BCUT2D eigenvalue weighted by molar-refractivity contribution is -0.163. The van der Waals surface area contributed by atoms with Gasteiger partial charge in [-0.25, -0.2) is 0 Å². The fourth-order valence-electron chi connectivity index (χ4n) is 3.23. The van der Waals surface area contributed by atoms with Crippen molar-refractivity contribution in [3.05, 3.63) is 35.4 Å². The van der Waals surface area contributed by atoms with Crippen LogP contribution in [0.3, 0.4) is 0 Å². The van der Waals surface area contributed by atoms with Crippen LogP contribution in [0.1, 0.15) is 31.9 Å². The van der Waals surface area contributed by atoms with Crippen LogP contribution < -0.4 is 0 Å². The van der Waals surface area contributed by atoms with E-state index in [0.29, 0.717) is 19.8 Å². The van der Waals surface area contributed by atoms with E-state index in [9.17, 15) is 4.79 Å². The Morgan fingerprint density at radius 2 is 1.95 bits per heavy atom. The maximum absolute atomic E-state index is 12.3. The zero-order valence-corrected chi connectivity index (χ0v) is 14.0. The molecule has 116 valence electrons. The summed E-state index contributed by atoms with van der Waals surface area (Å²) in [6.45, 7) is 10.0. The van der Waals surface area contributed by atoms with E-state index < -0.39 is 10.9 Å². The van der Waals surface area contributed by atoms with Crippen LogP contribution in [0.15, 0.2) is 24.3 Å². The number of alkyl halides is 1. The Balaban J connectivity index is 2.34. The van der Waals surface area contributed by atoms with Gasteiger partial charge < -0.3 is 9.64 Å². The van der Waals surface area contributed by atoms with Crippen molar-refractivity contribution in [2.24, 2.45) is 5.92 Å². The number of likely N-dealkylation sites (tertiary alicyclic amines) is 1. The van der Waals surface area contributed by atoms with E-state index in [1.54, 1.807) is 0 Å². The molecule has 0 spiro atoms. The molecular formula is C17H24ClNO2. The molecule has 0 aromatic heterocycles. The molecule has 0 bridgehead atoms. The van der Waals surface area contributed by atoms with Gasteiger partial charge in [0.2, 0.25) is 5.91 Å². The van der Waals surface area contributed by atoms with Crippen molar-refractivity contribution in [1.29, 1.82) is 0 Å². The number of halogens is 1. The van der Waals surface area contributed by atoms with E-state index in [4.69, 9.17) is 16.3 Å². The van der Waals surface area contributed by atoms with Crippen LogP contribution in [-0.4, -0.2) is 35.9 Å². The van der Waals surface area contributed by atoms with Gasteiger partial charge in [0.1, 0.15) is 5.38 Å². The topological polar surface area (TPSA) is 29.5 Å². The molecule has 0 radical (unpaired) electrons. The highest BCUT2D eigenvalue weighted by Gasteiger charge is 2.61. The smallest absolute Gasteiger partial charge is 0.244 e. The van der Waals surface area contributed by atoms with Crippen molar-refractivity contribution in [1.82, 2.24) is 4.90 Å². The first-order chi connectivity index (χ1) is 9.96. The van der Waals surface area contributed by atoms with Gasteiger partial charge in [-0.2, -0.15) is 0 Å². The summed E-state index contributed by atoms with van der Waals surface area (Å²) in [5.41, 5.74) is 1.89. The van der Waals surface area contributed by atoms with Crippen LogP contribution in [0.25, 0.3) is 0 Å². The summed E-state index contributed by atoms with van der Waals surface area (Å²) >= 11 is 6.47. The molecule has 2 unspecified atom stereocenters. The van der Waals surface area contributed by atoms with Gasteiger partial charge in [0, 0.05) is 13.2 Å². The number of nitrogens with zero attached hydrogens (tertiary/aromatic N) is 1. The Labute approximate surface area is 132 Å². The zero-order chi connectivity index (χ0) is 15.6. The van der Waals surface area contributed by atoms with Crippen LogP contribution in [-0.2, 0) is 15.1 Å². The minimum atomic E-state index is -0.498. The highest BCUT2D eigenvalue weighted by atomic mass is 35.5. The molecule has 4 heteroatoms. The Kier molecular flexibility index (Phi) is 4.95. The normalized spacial score (nSPS) is 25.3. The molecule has 1 amide bonds. The van der Waals surface area contributed by atoms with Gasteiger partial charge in [0.15, 0.2) is 0 Å². The lowest BCUT2D eigenvalue weighted by Gasteiger charge is -2.58. The third-order valence-corrected chi connectivity index (χ3v) is 4.89. The first-order valence-corrected chi connectivity index (χ1v) is 8.00. The Hall–Kier alpha value is -1.06. The molecule has 0 saturated carbocycles. The lowest BCUT2D eigenvalue weighted by Crippen LogP contribution is -2.72. The van der Waals surface area contributed by atoms with Crippen molar-refractivity contribution < 1.29 is 9.53 Å². The molecule has 2 atom stereocenters. The Morgan fingerprint density at radius 3 is 2.48 bits per heavy atom. The van der Waals surface area contributed by atoms with E-state index in [-0.39, 0.29) is 11.8 Å². The van der Waals surface area contributed by atoms with Gasteiger partial charge in [-0.1, -0.05) is 43.7 Å².